The van der Waals surface area contributed by atoms with Crippen LogP contribution in [0.1, 0.15) is 24.1 Å². The summed E-state index contributed by atoms with van der Waals surface area (Å²) in [5.41, 5.74) is 1.08. The van der Waals surface area contributed by atoms with Crippen LogP contribution in [0.25, 0.3) is 0 Å². The number of benzene rings is 2. The largest absolute Gasteiger partial charge is 0.310 e. The van der Waals surface area contributed by atoms with Gasteiger partial charge in [0.25, 0.3) is 0 Å². The molecule has 0 aliphatic heterocycles. The van der Waals surface area contributed by atoms with Crippen LogP contribution in [0, 0.1) is 11.6 Å². The molecule has 0 amide bonds. The molecule has 1 unspecified atom stereocenters. The Morgan fingerprint density at radius 3 is 2.14 bits per heavy atom. The van der Waals surface area contributed by atoms with E-state index < -0.39 is 11.6 Å². The van der Waals surface area contributed by atoms with Crippen molar-refractivity contribution in [2.45, 2.75) is 19.4 Å². The molecule has 0 bridgehead atoms. The Balaban J connectivity index is 2.35. The van der Waals surface area contributed by atoms with Crippen molar-refractivity contribution >= 4 is 31.9 Å². The Morgan fingerprint density at radius 2 is 1.62 bits per heavy atom. The van der Waals surface area contributed by atoms with Crippen molar-refractivity contribution in [3.05, 3.63) is 68.1 Å². The Morgan fingerprint density at radius 1 is 1.05 bits per heavy atom. The monoisotopic (exact) mass is 417 g/mol. The molecule has 0 aromatic heterocycles. The van der Waals surface area contributed by atoms with Crippen LogP contribution in [0.2, 0.25) is 0 Å². The highest BCUT2D eigenvalue weighted by molar-refractivity contribution is 9.11. The van der Waals surface area contributed by atoms with E-state index >= 15 is 0 Å². The summed E-state index contributed by atoms with van der Waals surface area (Å²) in [5.74, 6) is -1.01. The van der Waals surface area contributed by atoms with E-state index in [-0.39, 0.29) is 18.0 Å². The Hall–Kier alpha value is -0.780. The van der Waals surface area contributed by atoms with Gasteiger partial charge in [0, 0.05) is 20.6 Å². The van der Waals surface area contributed by atoms with Gasteiger partial charge in [0.15, 0.2) is 0 Å². The molecule has 1 nitrogen and oxygen atoms in total. The molecule has 0 saturated heterocycles. The van der Waals surface area contributed by atoms with E-state index in [1.54, 1.807) is 0 Å². The van der Waals surface area contributed by atoms with Crippen LogP contribution in [0.15, 0.2) is 45.3 Å². The van der Waals surface area contributed by atoms with Gasteiger partial charge in [-0.1, -0.05) is 44.8 Å². The predicted octanol–water partition coefficient (Wildman–Crippen LogP) is 5.38. The van der Waals surface area contributed by atoms with Crippen LogP contribution < -0.4 is 5.32 Å². The molecule has 0 radical (unpaired) electrons. The molecule has 2 aromatic carbocycles. The third kappa shape index (κ3) is 4.34. The normalized spacial score (nSPS) is 12.4. The fourth-order valence-electron chi connectivity index (χ4n) is 2.26. The predicted molar refractivity (Wildman–Crippen MR) is 88.3 cm³/mol. The van der Waals surface area contributed by atoms with E-state index in [4.69, 9.17) is 0 Å². The van der Waals surface area contributed by atoms with Crippen LogP contribution in [0.3, 0.4) is 0 Å². The Bertz CT molecular complexity index is 591. The molecule has 112 valence electrons. The molecular formula is C16H15Br2F2N. The standard InChI is InChI=1S/C16H15Br2F2N/c1-2-21-16(10-6-11(17)8-12(18)7-10)9-13-14(19)4-3-5-15(13)20/h3-8,16,21H,2,9H2,1H3. The molecule has 0 aliphatic rings. The van der Waals surface area contributed by atoms with E-state index in [1.165, 1.54) is 18.2 Å². The second-order valence-electron chi connectivity index (χ2n) is 4.72. The van der Waals surface area contributed by atoms with Crippen molar-refractivity contribution in [1.82, 2.24) is 5.32 Å². The van der Waals surface area contributed by atoms with Crippen molar-refractivity contribution in [3.8, 4) is 0 Å². The molecule has 21 heavy (non-hydrogen) atoms. The molecule has 2 rings (SSSR count). The first-order chi connectivity index (χ1) is 10.0. The summed E-state index contributed by atoms with van der Waals surface area (Å²) in [4.78, 5) is 0. The van der Waals surface area contributed by atoms with Crippen molar-refractivity contribution < 1.29 is 8.78 Å². The number of halogens is 4. The highest BCUT2D eigenvalue weighted by Gasteiger charge is 2.17. The average Bonchev–Trinajstić information content (AvgIpc) is 2.40. The topological polar surface area (TPSA) is 12.0 Å². The molecule has 0 heterocycles. The molecule has 2 aromatic rings. The maximum atomic E-state index is 13.8. The molecule has 0 saturated carbocycles. The fourth-order valence-corrected chi connectivity index (χ4v) is 3.59. The lowest BCUT2D eigenvalue weighted by Gasteiger charge is -2.20. The summed E-state index contributed by atoms with van der Waals surface area (Å²) in [6.07, 6.45) is 0.259. The summed E-state index contributed by atoms with van der Waals surface area (Å²) in [6.45, 7) is 2.68. The van der Waals surface area contributed by atoms with E-state index in [1.807, 2.05) is 25.1 Å². The lowest BCUT2D eigenvalue weighted by molar-refractivity contribution is 0.499. The number of likely N-dealkylation sites (N-methyl/N-ethyl adjacent to an activating group) is 1. The summed E-state index contributed by atoms with van der Waals surface area (Å²) in [7, 11) is 0. The minimum atomic E-state index is -0.507. The van der Waals surface area contributed by atoms with Gasteiger partial charge in [0.1, 0.15) is 11.6 Å². The molecular weight excluding hydrogens is 404 g/mol. The van der Waals surface area contributed by atoms with Gasteiger partial charge in [-0.05, 0) is 48.9 Å². The van der Waals surface area contributed by atoms with Gasteiger partial charge >= 0.3 is 0 Å². The summed E-state index contributed by atoms with van der Waals surface area (Å²) in [5, 5.41) is 3.28. The number of rotatable bonds is 5. The van der Waals surface area contributed by atoms with Gasteiger partial charge in [0.2, 0.25) is 0 Å². The van der Waals surface area contributed by atoms with Gasteiger partial charge in [-0.3, -0.25) is 0 Å². The first kappa shape index (κ1) is 16.6. The Labute approximate surface area is 140 Å². The van der Waals surface area contributed by atoms with E-state index in [0.29, 0.717) is 6.54 Å². The third-order valence-electron chi connectivity index (χ3n) is 3.21. The smallest absolute Gasteiger partial charge is 0.129 e. The zero-order valence-corrected chi connectivity index (χ0v) is 14.6. The average molecular weight is 419 g/mol. The number of nitrogens with one attached hydrogen (secondary N) is 1. The molecule has 1 N–H and O–H groups in total. The van der Waals surface area contributed by atoms with Crippen molar-refractivity contribution in [1.29, 1.82) is 0 Å². The van der Waals surface area contributed by atoms with E-state index in [2.05, 4.69) is 37.2 Å². The highest BCUT2D eigenvalue weighted by atomic mass is 79.9. The quantitative estimate of drug-likeness (QED) is 0.686. The summed E-state index contributed by atoms with van der Waals surface area (Å²) >= 11 is 6.88. The molecule has 0 aliphatic carbocycles. The zero-order chi connectivity index (χ0) is 15.4. The lowest BCUT2D eigenvalue weighted by Crippen LogP contribution is -2.24. The first-order valence-electron chi connectivity index (χ1n) is 6.63. The highest BCUT2D eigenvalue weighted by Crippen LogP contribution is 2.27. The molecule has 5 heteroatoms. The van der Waals surface area contributed by atoms with Crippen molar-refractivity contribution in [2.24, 2.45) is 0 Å². The van der Waals surface area contributed by atoms with Crippen molar-refractivity contribution in [2.75, 3.05) is 6.54 Å². The second kappa shape index (κ2) is 7.47. The van der Waals surface area contributed by atoms with Crippen LogP contribution in [-0.2, 0) is 6.42 Å². The maximum absolute atomic E-state index is 13.8. The zero-order valence-electron chi connectivity index (χ0n) is 11.5. The van der Waals surface area contributed by atoms with E-state index in [9.17, 15) is 8.78 Å². The summed E-state index contributed by atoms with van der Waals surface area (Å²) < 4.78 is 29.5. The lowest BCUT2D eigenvalue weighted by atomic mass is 9.98. The van der Waals surface area contributed by atoms with Crippen LogP contribution in [-0.4, -0.2) is 6.54 Å². The first-order valence-corrected chi connectivity index (χ1v) is 8.22. The SMILES string of the molecule is CCNC(Cc1c(F)cccc1F)c1cc(Br)cc(Br)c1. The molecule has 0 fully saturated rings. The maximum Gasteiger partial charge on any atom is 0.129 e. The Kier molecular flexibility index (Phi) is 5.90. The van der Waals surface area contributed by atoms with Gasteiger partial charge in [-0.2, -0.15) is 0 Å². The van der Waals surface area contributed by atoms with Crippen LogP contribution in [0.4, 0.5) is 8.78 Å². The summed E-state index contributed by atoms with van der Waals surface area (Å²) in [6, 6.07) is 9.64. The van der Waals surface area contributed by atoms with Gasteiger partial charge in [-0.25, -0.2) is 8.78 Å². The van der Waals surface area contributed by atoms with Gasteiger partial charge < -0.3 is 5.32 Å². The minimum absolute atomic E-state index is 0.111. The number of hydrogen-bond donors (Lipinski definition) is 1. The third-order valence-corrected chi connectivity index (χ3v) is 4.12. The van der Waals surface area contributed by atoms with Crippen LogP contribution in [0.5, 0.6) is 0 Å². The van der Waals surface area contributed by atoms with Gasteiger partial charge in [0.05, 0.1) is 0 Å². The van der Waals surface area contributed by atoms with Crippen molar-refractivity contribution in [3.63, 3.8) is 0 Å². The minimum Gasteiger partial charge on any atom is -0.310 e. The fraction of sp³-hybridized carbons (Fsp3) is 0.250. The number of hydrogen-bond acceptors (Lipinski definition) is 1. The van der Waals surface area contributed by atoms with Crippen LogP contribution >= 0.6 is 31.9 Å². The van der Waals surface area contributed by atoms with E-state index in [0.717, 1.165) is 14.5 Å². The molecule has 1 atom stereocenters. The second-order valence-corrected chi connectivity index (χ2v) is 6.55. The van der Waals surface area contributed by atoms with Gasteiger partial charge in [-0.15, -0.1) is 0 Å². The molecule has 0 spiro atoms.